The van der Waals surface area contributed by atoms with Crippen molar-refractivity contribution < 1.29 is 0 Å². The lowest BCUT2D eigenvalue weighted by atomic mass is 9.65. The Hall–Kier alpha value is -0.820. The highest BCUT2D eigenvalue weighted by atomic mass is 14.9. The van der Waals surface area contributed by atoms with Crippen LogP contribution in [0.2, 0.25) is 0 Å². The minimum atomic E-state index is 0.509. The number of nitrogens with one attached hydrogen (secondary N) is 1. The Morgan fingerprint density at radius 2 is 1.95 bits per heavy atom. The summed E-state index contributed by atoms with van der Waals surface area (Å²) in [4.78, 5) is 0. The Morgan fingerprint density at radius 1 is 1.19 bits per heavy atom. The molecule has 0 heterocycles. The van der Waals surface area contributed by atoms with Crippen molar-refractivity contribution in [1.29, 1.82) is 0 Å². The summed E-state index contributed by atoms with van der Waals surface area (Å²) in [6.45, 7) is 8.38. The second-order valence-electron chi connectivity index (χ2n) is 7.84. The van der Waals surface area contributed by atoms with Gasteiger partial charge >= 0.3 is 0 Å². The molecule has 1 nitrogen and oxygen atoms in total. The van der Waals surface area contributed by atoms with Gasteiger partial charge in [-0.15, -0.1) is 0 Å². The minimum absolute atomic E-state index is 0.509. The Bertz CT molecular complexity index is 450. The molecule has 1 heteroatoms. The molecule has 1 aromatic rings. The molecule has 0 spiro atoms. The maximum atomic E-state index is 3.87. The summed E-state index contributed by atoms with van der Waals surface area (Å²) in [5.41, 5.74) is 2.06. The highest BCUT2D eigenvalue weighted by molar-refractivity contribution is 5.27. The Kier molecular flexibility index (Phi) is 4.40. The quantitative estimate of drug-likeness (QED) is 0.804. The zero-order valence-corrected chi connectivity index (χ0v) is 13.9. The van der Waals surface area contributed by atoms with E-state index in [0.717, 1.165) is 30.3 Å². The van der Waals surface area contributed by atoms with Crippen molar-refractivity contribution in [3.8, 4) is 0 Å². The Labute approximate surface area is 130 Å². The molecule has 2 fully saturated rings. The first-order valence-electron chi connectivity index (χ1n) is 8.92. The van der Waals surface area contributed by atoms with Gasteiger partial charge in [0.05, 0.1) is 0 Å². The first-order valence-corrected chi connectivity index (χ1v) is 8.92. The van der Waals surface area contributed by atoms with Crippen molar-refractivity contribution in [2.45, 2.75) is 64.8 Å². The molecular formula is C20H31N. The van der Waals surface area contributed by atoms with Crippen LogP contribution in [0.4, 0.5) is 0 Å². The predicted octanol–water partition coefficient (Wildman–Crippen LogP) is 4.98. The van der Waals surface area contributed by atoms with Gasteiger partial charge in [-0.25, -0.2) is 0 Å². The molecular weight excluding hydrogens is 254 g/mol. The first-order chi connectivity index (χ1) is 10.1. The molecule has 0 aliphatic heterocycles. The van der Waals surface area contributed by atoms with Crippen LogP contribution in [-0.2, 0) is 0 Å². The van der Waals surface area contributed by atoms with E-state index in [4.69, 9.17) is 0 Å². The standard InChI is InChI=1S/C20H31N/c1-4-21-19(18-12-8-9-13-20(18,2)3)17-14-16(17)15-10-6-5-7-11-15/h5-7,10-11,16-19,21H,4,8-9,12-14H2,1-3H3. The van der Waals surface area contributed by atoms with E-state index in [-0.39, 0.29) is 0 Å². The lowest BCUT2D eigenvalue weighted by Crippen LogP contribution is -2.46. The second kappa shape index (κ2) is 6.12. The summed E-state index contributed by atoms with van der Waals surface area (Å²) in [5, 5.41) is 3.87. The maximum Gasteiger partial charge on any atom is 0.0135 e. The van der Waals surface area contributed by atoms with Crippen LogP contribution >= 0.6 is 0 Å². The van der Waals surface area contributed by atoms with E-state index in [1.807, 2.05) is 0 Å². The largest absolute Gasteiger partial charge is 0.314 e. The number of benzene rings is 1. The topological polar surface area (TPSA) is 12.0 Å². The third-order valence-corrected chi connectivity index (χ3v) is 5.99. The van der Waals surface area contributed by atoms with Crippen LogP contribution < -0.4 is 5.32 Å². The highest BCUT2D eigenvalue weighted by Gasteiger charge is 2.49. The molecule has 21 heavy (non-hydrogen) atoms. The van der Waals surface area contributed by atoms with E-state index in [0.29, 0.717) is 5.41 Å². The van der Waals surface area contributed by atoms with Gasteiger partial charge in [-0.3, -0.25) is 0 Å². The number of hydrogen-bond acceptors (Lipinski definition) is 1. The molecule has 0 aromatic heterocycles. The van der Waals surface area contributed by atoms with Crippen LogP contribution in [-0.4, -0.2) is 12.6 Å². The monoisotopic (exact) mass is 285 g/mol. The van der Waals surface area contributed by atoms with E-state index in [1.165, 1.54) is 32.1 Å². The summed E-state index contributed by atoms with van der Waals surface area (Å²) in [6, 6.07) is 11.9. The van der Waals surface area contributed by atoms with Gasteiger partial charge < -0.3 is 5.32 Å². The van der Waals surface area contributed by atoms with E-state index in [1.54, 1.807) is 5.56 Å². The van der Waals surface area contributed by atoms with Gasteiger partial charge in [0.15, 0.2) is 0 Å². The van der Waals surface area contributed by atoms with Gasteiger partial charge in [0.2, 0.25) is 0 Å². The lowest BCUT2D eigenvalue weighted by molar-refractivity contribution is 0.0895. The van der Waals surface area contributed by atoms with Gasteiger partial charge in [-0.1, -0.05) is 63.9 Å². The summed E-state index contributed by atoms with van der Waals surface area (Å²) < 4.78 is 0. The number of rotatable bonds is 5. The molecule has 2 saturated carbocycles. The predicted molar refractivity (Wildman–Crippen MR) is 90.5 cm³/mol. The third kappa shape index (κ3) is 3.18. The molecule has 1 aromatic carbocycles. The van der Waals surface area contributed by atoms with Crippen LogP contribution in [0.1, 0.15) is 64.4 Å². The fourth-order valence-electron chi connectivity index (χ4n) is 4.71. The summed E-state index contributed by atoms with van der Waals surface area (Å²) >= 11 is 0. The molecule has 0 bridgehead atoms. The fourth-order valence-corrected chi connectivity index (χ4v) is 4.71. The minimum Gasteiger partial charge on any atom is -0.314 e. The van der Waals surface area contributed by atoms with Crippen LogP contribution in [0, 0.1) is 17.3 Å². The smallest absolute Gasteiger partial charge is 0.0135 e. The second-order valence-corrected chi connectivity index (χ2v) is 7.84. The van der Waals surface area contributed by atoms with Gasteiger partial charge in [-0.2, -0.15) is 0 Å². The maximum absolute atomic E-state index is 3.87. The zero-order chi connectivity index (χ0) is 14.9. The van der Waals surface area contributed by atoms with Crippen molar-refractivity contribution in [3.05, 3.63) is 35.9 Å². The van der Waals surface area contributed by atoms with Gasteiger partial charge in [-0.05, 0) is 54.5 Å². The molecule has 3 rings (SSSR count). The van der Waals surface area contributed by atoms with Gasteiger partial charge in [0.1, 0.15) is 0 Å². The van der Waals surface area contributed by atoms with Gasteiger partial charge in [0, 0.05) is 6.04 Å². The zero-order valence-electron chi connectivity index (χ0n) is 13.9. The fraction of sp³-hybridized carbons (Fsp3) is 0.700. The average molecular weight is 285 g/mol. The van der Waals surface area contributed by atoms with Crippen LogP contribution in [0.3, 0.4) is 0 Å². The normalized spacial score (nSPS) is 32.6. The molecule has 2 aliphatic rings. The van der Waals surface area contributed by atoms with Gasteiger partial charge in [0.25, 0.3) is 0 Å². The summed E-state index contributed by atoms with van der Waals surface area (Å²) in [5.74, 6) is 2.51. The van der Waals surface area contributed by atoms with Crippen LogP contribution in [0.5, 0.6) is 0 Å². The number of hydrogen-bond donors (Lipinski definition) is 1. The van der Waals surface area contributed by atoms with E-state index < -0.39 is 0 Å². The third-order valence-electron chi connectivity index (χ3n) is 5.99. The molecule has 1 N–H and O–H groups in total. The average Bonchev–Trinajstić information content (AvgIpc) is 3.26. The highest BCUT2D eigenvalue weighted by Crippen LogP contribution is 2.55. The summed E-state index contributed by atoms with van der Waals surface area (Å²) in [7, 11) is 0. The molecule has 4 unspecified atom stereocenters. The van der Waals surface area contributed by atoms with E-state index in [9.17, 15) is 0 Å². The van der Waals surface area contributed by atoms with Crippen molar-refractivity contribution >= 4 is 0 Å². The molecule has 0 radical (unpaired) electrons. The van der Waals surface area contributed by atoms with Crippen molar-refractivity contribution in [1.82, 2.24) is 5.32 Å². The molecule has 2 aliphatic carbocycles. The molecule has 0 saturated heterocycles. The van der Waals surface area contributed by atoms with Crippen LogP contribution in [0.25, 0.3) is 0 Å². The Morgan fingerprint density at radius 3 is 2.62 bits per heavy atom. The molecule has 4 atom stereocenters. The van der Waals surface area contributed by atoms with E-state index in [2.05, 4.69) is 56.4 Å². The SMILES string of the molecule is CCNC(C1CC1c1ccccc1)C1CCCCC1(C)C. The molecule has 0 amide bonds. The lowest BCUT2D eigenvalue weighted by Gasteiger charge is -2.44. The van der Waals surface area contributed by atoms with Crippen molar-refractivity contribution in [2.75, 3.05) is 6.54 Å². The summed E-state index contributed by atoms with van der Waals surface area (Å²) in [6.07, 6.45) is 7.06. The van der Waals surface area contributed by atoms with Crippen LogP contribution in [0.15, 0.2) is 30.3 Å². The van der Waals surface area contributed by atoms with Crippen molar-refractivity contribution in [2.24, 2.45) is 17.3 Å². The van der Waals surface area contributed by atoms with E-state index >= 15 is 0 Å². The first kappa shape index (κ1) is 15.1. The molecule has 116 valence electrons. The van der Waals surface area contributed by atoms with Crippen molar-refractivity contribution in [3.63, 3.8) is 0 Å². The Balaban J connectivity index is 1.74.